The standard InChI is InChI=1S/C22H35ClN4O3S/c1-2-13-31(28,29)27-10-5-20(6-11-27)30-12-7-18-14-21(18)17-3-8-26(9-4-17)22-24-15-19(23)16-25-22/h15-18,20-21H,2-14H2,1H3. The second-order valence-corrected chi connectivity index (χ2v) is 11.8. The molecule has 0 radical (unpaired) electrons. The van der Waals surface area contributed by atoms with Crippen LogP contribution in [0.15, 0.2) is 12.4 Å². The molecular weight excluding hydrogens is 436 g/mol. The Hall–Kier alpha value is -0.960. The van der Waals surface area contributed by atoms with Gasteiger partial charge in [-0.05, 0) is 62.7 Å². The molecule has 3 heterocycles. The molecule has 3 fully saturated rings. The average Bonchev–Trinajstić information content (AvgIpc) is 3.54. The Labute approximate surface area is 191 Å². The summed E-state index contributed by atoms with van der Waals surface area (Å²) in [5, 5.41) is 0.578. The number of halogens is 1. The van der Waals surface area contributed by atoms with Crippen LogP contribution in [0.5, 0.6) is 0 Å². The molecule has 3 aliphatic rings. The van der Waals surface area contributed by atoms with Gasteiger partial charge in [0.25, 0.3) is 0 Å². The molecule has 2 aliphatic heterocycles. The Balaban J connectivity index is 1.11. The second-order valence-electron chi connectivity index (χ2n) is 9.26. The van der Waals surface area contributed by atoms with E-state index in [1.807, 2.05) is 6.92 Å². The van der Waals surface area contributed by atoms with Gasteiger partial charge in [-0.15, -0.1) is 0 Å². The van der Waals surface area contributed by atoms with Gasteiger partial charge in [0.15, 0.2) is 0 Å². The Morgan fingerprint density at radius 3 is 2.42 bits per heavy atom. The molecule has 4 rings (SSSR count). The van der Waals surface area contributed by atoms with Gasteiger partial charge in [-0.1, -0.05) is 18.5 Å². The van der Waals surface area contributed by atoms with E-state index in [-0.39, 0.29) is 11.9 Å². The number of ether oxygens (including phenoxy) is 1. The highest BCUT2D eigenvalue weighted by atomic mass is 35.5. The molecule has 0 spiro atoms. The Bertz CT molecular complexity index is 807. The van der Waals surface area contributed by atoms with Crippen LogP contribution in [0.4, 0.5) is 5.95 Å². The number of piperidine rings is 2. The number of rotatable bonds is 9. The van der Waals surface area contributed by atoms with Crippen LogP contribution < -0.4 is 4.90 Å². The molecule has 1 aromatic rings. The van der Waals surface area contributed by atoms with Crippen LogP contribution in [0.3, 0.4) is 0 Å². The molecule has 0 aromatic carbocycles. The van der Waals surface area contributed by atoms with Crippen molar-refractivity contribution < 1.29 is 13.2 Å². The van der Waals surface area contributed by atoms with Crippen molar-refractivity contribution in [3.05, 3.63) is 17.4 Å². The maximum Gasteiger partial charge on any atom is 0.225 e. The predicted octanol–water partition coefficient (Wildman–Crippen LogP) is 3.59. The topological polar surface area (TPSA) is 75.6 Å². The van der Waals surface area contributed by atoms with E-state index in [0.717, 1.165) is 62.7 Å². The zero-order valence-corrected chi connectivity index (χ0v) is 20.0. The summed E-state index contributed by atoms with van der Waals surface area (Å²) >= 11 is 5.89. The van der Waals surface area contributed by atoms with Crippen LogP contribution >= 0.6 is 11.6 Å². The summed E-state index contributed by atoms with van der Waals surface area (Å²) in [5.74, 6) is 3.50. The minimum absolute atomic E-state index is 0.216. The van der Waals surface area contributed by atoms with Gasteiger partial charge in [-0.2, -0.15) is 0 Å². The zero-order chi connectivity index (χ0) is 21.8. The van der Waals surface area contributed by atoms with E-state index in [1.54, 1.807) is 16.7 Å². The van der Waals surface area contributed by atoms with Gasteiger partial charge in [-0.3, -0.25) is 0 Å². The highest BCUT2D eigenvalue weighted by molar-refractivity contribution is 7.89. The largest absolute Gasteiger partial charge is 0.378 e. The lowest BCUT2D eigenvalue weighted by Crippen LogP contribution is -2.41. The first kappa shape index (κ1) is 23.2. The maximum atomic E-state index is 12.2. The van der Waals surface area contributed by atoms with Crippen LogP contribution in [0.1, 0.15) is 51.9 Å². The molecule has 174 valence electrons. The molecule has 31 heavy (non-hydrogen) atoms. The molecule has 0 bridgehead atoms. The number of hydrogen-bond donors (Lipinski definition) is 0. The minimum Gasteiger partial charge on any atom is -0.378 e. The van der Waals surface area contributed by atoms with Crippen molar-refractivity contribution in [2.45, 2.75) is 58.0 Å². The number of nitrogens with zero attached hydrogens (tertiary/aromatic N) is 4. The summed E-state index contributed by atoms with van der Waals surface area (Å²) in [6, 6.07) is 0. The van der Waals surface area contributed by atoms with E-state index in [2.05, 4.69) is 14.9 Å². The third kappa shape index (κ3) is 6.09. The Kier molecular flexibility index (Phi) is 7.72. The fourth-order valence-electron chi connectivity index (χ4n) is 5.23. The van der Waals surface area contributed by atoms with E-state index < -0.39 is 10.0 Å². The number of hydrogen-bond acceptors (Lipinski definition) is 6. The second kappa shape index (κ2) is 10.3. The molecule has 2 unspecified atom stereocenters. The summed E-state index contributed by atoms with van der Waals surface area (Å²) in [7, 11) is -3.06. The van der Waals surface area contributed by atoms with E-state index in [9.17, 15) is 8.42 Å². The van der Waals surface area contributed by atoms with Crippen LogP contribution in [0.25, 0.3) is 0 Å². The van der Waals surface area contributed by atoms with Crippen molar-refractivity contribution in [2.24, 2.45) is 17.8 Å². The monoisotopic (exact) mass is 470 g/mol. The summed E-state index contributed by atoms with van der Waals surface area (Å²) in [6.45, 7) is 5.97. The highest BCUT2D eigenvalue weighted by Gasteiger charge is 2.43. The summed E-state index contributed by atoms with van der Waals surface area (Å²) in [5.41, 5.74) is 0. The van der Waals surface area contributed by atoms with E-state index in [1.165, 1.54) is 19.3 Å². The molecule has 0 amide bonds. The molecular formula is C22H35ClN4O3S. The normalized spacial score (nSPS) is 26.3. The molecule has 7 nitrogen and oxygen atoms in total. The molecule has 1 aromatic heterocycles. The molecule has 2 saturated heterocycles. The third-order valence-electron chi connectivity index (χ3n) is 7.11. The van der Waals surface area contributed by atoms with Gasteiger partial charge in [0.05, 0.1) is 29.3 Å². The van der Waals surface area contributed by atoms with Gasteiger partial charge in [-0.25, -0.2) is 22.7 Å². The van der Waals surface area contributed by atoms with Gasteiger partial charge >= 0.3 is 0 Å². The van der Waals surface area contributed by atoms with E-state index >= 15 is 0 Å². The van der Waals surface area contributed by atoms with E-state index in [0.29, 0.717) is 24.5 Å². The van der Waals surface area contributed by atoms with Gasteiger partial charge in [0, 0.05) is 32.8 Å². The molecule has 1 aliphatic carbocycles. The van der Waals surface area contributed by atoms with Crippen molar-refractivity contribution in [1.82, 2.24) is 14.3 Å². The lowest BCUT2D eigenvalue weighted by molar-refractivity contribution is 0.0174. The fraction of sp³-hybridized carbons (Fsp3) is 0.818. The Morgan fingerprint density at radius 1 is 1.10 bits per heavy atom. The molecule has 0 N–H and O–H groups in total. The molecule has 9 heteroatoms. The average molecular weight is 471 g/mol. The van der Waals surface area contributed by atoms with Crippen LogP contribution in [0.2, 0.25) is 5.02 Å². The number of anilines is 1. The lowest BCUT2D eigenvalue weighted by atomic mass is 9.90. The smallest absolute Gasteiger partial charge is 0.225 e. The van der Waals surface area contributed by atoms with Crippen molar-refractivity contribution in [1.29, 1.82) is 0 Å². The quantitative estimate of drug-likeness (QED) is 0.549. The number of sulfonamides is 1. The summed E-state index contributed by atoms with van der Waals surface area (Å²) in [6.07, 6.45) is 10.8. The van der Waals surface area contributed by atoms with Crippen LogP contribution in [-0.2, 0) is 14.8 Å². The van der Waals surface area contributed by atoms with E-state index in [4.69, 9.17) is 16.3 Å². The van der Waals surface area contributed by atoms with Gasteiger partial charge < -0.3 is 9.64 Å². The Morgan fingerprint density at radius 2 is 1.77 bits per heavy atom. The minimum atomic E-state index is -3.06. The SMILES string of the molecule is CCCS(=O)(=O)N1CCC(OCCC2CC2C2CCN(c3ncc(Cl)cn3)CC2)CC1. The number of aromatic nitrogens is 2. The van der Waals surface area contributed by atoms with Gasteiger partial charge in [0.2, 0.25) is 16.0 Å². The molecule has 1 saturated carbocycles. The zero-order valence-electron chi connectivity index (χ0n) is 18.5. The van der Waals surface area contributed by atoms with Crippen LogP contribution in [0, 0.1) is 17.8 Å². The van der Waals surface area contributed by atoms with Crippen LogP contribution in [-0.4, -0.2) is 67.3 Å². The highest BCUT2D eigenvalue weighted by Crippen LogP contribution is 2.50. The maximum absolute atomic E-state index is 12.2. The first-order valence-corrected chi connectivity index (χ1v) is 13.8. The van der Waals surface area contributed by atoms with Crippen molar-refractivity contribution in [3.63, 3.8) is 0 Å². The van der Waals surface area contributed by atoms with Crippen molar-refractivity contribution >= 4 is 27.6 Å². The van der Waals surface area contributed by atoms with Gasteiger partial charge in [0.1, 0.15) is 0 Å². The van der Waals surface area contributed by atoms with Crippen molar-refractivity contribution in [3.8, 4) is 0 Å². The first-order chi connectivity index (χ1) is 15.0. The molecule has 2 atom stereocenters. The third-order valence-corrected chi connectivity index (χ3v) is 9.38. The summed E-state index contributed by atoms with van der Waals surface area (Å²) in [4.78, 5) is 11.0. The first-order valence-electron chi connectivity index (χ1n) is 11.8. The van der Waals surface area contributed by atoms with Crippen molar-refractivity contribution in [2.75, 3.05) is 43.4 Å². The lowest BCUT2D eigenvalue weighted by Gasteiger charge is -2.32. The predicted molar refractivity (Wildman–Crippen MR) is 123 cm³/mol. The fourth-order valence-corrected chi connectivity index (χ4v) is 6.87. The summed E-state index contributed by atoms with van der Waals surface area (Å²) < 4.78 is 32.1.